The van der Waals surface area contributed by atoms with Crippen molar-refractivity contribution in [3.63, 3.8) is 0 Å². The predicted molar refractivity (Wildman–Crippen MR) is 154 cm³/mol. The highest BCUT2D eigenvalue weighted by Crippen LogP contribution is 2.38. The predicted octanol–water partition coefficient (Wildman–Crippen LogP) is 4.26. The van der Waals surface area contributed by atoms with E-state index in [4.69, 9.17) is 24.2 Å². The maximum Gasteiger partial charge on any atom is 0.338 e. The number of thiazole rings is 1. The van der Waals surface area contributed by atoms with Crippen molar-refractivity contribution >= 4 is 39.3 Å². The maximum atomic E-state index is 14.0. The van der Waals surface area contributed by atoms with Crippen molar-refractivity contribution in [1.29, 1.82) is 5.26 Å². The first-order chi connectivity index (χ1) is 19.2. The number of fused-ring (bicyclic) bond motifs is 1. The fraction of sp³-hybridized carbons (Fsp3) is 0.310. The van der Waals surface area contributed by atoms with Crippen LogP contribution >= 0.6 is 27.3 Å². The van der Waals surface area contributed by atoms with Gasteiger partial charge in [-0.3, -0.25) is 9.36 Å². The Labute approximate surface area is 243 Å². The van der Waals surface area contributed by atoms with Crippen molar-refractivity contribution in [3.05, 3.63) is 83.0 Å². The number of aromatic nitrogens is 1. The summed E-state index contributed by atoms with van der Waals surface area (Å²) in [4.78, 5) is 32.3. The second kappa shape index (κ2) is 12.5. The van der Waals surface area contributed by atoms with Crippen LogP contribution in [0, 0.1) is 11.3 Å². The molecule has 9 nitrogen and oxygen atoms in total. The van der Waals surface area contributed by atoms with Crippen LogP contribution in [-0.2, 0) is 9.53 Å². The average Bonchev–Trinajstić information content (AvgIpc) is 3.21. The number of nitriles is 1. The van der Waals surface area contributed by atoms with Crippen molar-refractivity contribution in [2.24, 2.45) is 4.99 Å². The molecular weight excluding hydrogens is 598 g/mol. The van der Waals surface area contributed by atoms with Crippen molar-refractivity contribution in [1.82, 2.24) is 4.57 Å². The quantitative estimate of drug-likeness (QED) is 0.327. The van der Waals surface area contributed by atoms with Gasteiger partial charge in [-0.15, -0.1) is 0 Å². The molecule has 1 aromatic heterocycles. The summed E-state index contributed by atoms with van der Waals surface area (Å²) >= 11 is 4.68. The summed E-state index contributed by atoms with van der Waals surface area (Å²) in [5, 5.41) is 8.89. The molecule has 0 amide bonds. The monoisotopic (exact) mass is 625 g/mol. The second-order valence-corrected chi connectivity index (χ2v) is 10.9. The van der Waals surface area contributed by atoms with Crippen LogP contribution in [0.3, 0.4) is 0 Å². The fourth-order valence-electron chi connectivity index (χ4n) is 4.37. The van der Waals surface area contributed by atoms with E-state index in [1.165, 1.54) is 23.0 Å². The van der Waals surface area contributed by atoms with E-state index >= 15 is 0 Å². The van der Waals surface area contributed by atoms with Crippen molar-refractivity contribution in [2.75, 3.05) is 20.3 Å². The van der Waals surface area contributed by atoms with Crippen LogP contribution in [-0.4, -0.2) is 37.0 Å². The highest BCUT2D eigenvalue weighted by Gasteiger charge is 2.35. The van der Waals surface area contributed by atoms with Crippen LogP contribution < -0.4 is 29.1 Å². The van der Waals surface area contributed by atoms with Gasteiger partial charge in [0.2, 0.25) is 0 Å². The molecule has 2 heterocycles. The molecule has 0 unspecified atom stereocenters. The molecule has 11 heteroatoms. The Morgan fingerprint density at radius 2 is 2.02 bits per heavy atom. The van der Waals surface area contributed by atoms with Gasteiger partial charge >= 0.3 is 5.97 Å². The number of hydrogen-bond acceptors (Lipinski definition) is 9. The number of esters is 1. The number of carbonyl (C=O) groups is 1. The molecule has 4 rings (SSSR count). The number of rotatable bonds is 9. The summed E-state index contributed by atoms with van der Waals surface area (Å²) in [7, 11) is 1.50. The van der Waals surface area contributed by atoms with Gasteiger partial charge in [0.15, 0.2) is 22.9 Å². The van der Waals surface area contributed by atoms with Gasteiger partial charge in [-0.2, -0.15) is 5.26 Å². The Morgan fingerprint density at radius 1 is 1.27 bits per heavy atom. The second-order valence-electron chi connectivity index (χ2n) is 8.99. The smallest absolute Gasteiger partial charge is 0.338 e. The Hall–Kier alpha value is -3.88. The van der Waals surface area contributed by atoms with Crippen LogP contribution in [0.2, 0.25) is 0 Å². The van der Waals surface area contributed by atoms with Gasteiger partial charge in [0.05, 0.1) is 40.1 Å². The molecule has 1 aliphatic rings. The number of carbonyl (C=O) groups excluding carboxylic acids is 1. The minimum absolute atomic E-state index is 0.123. The first-order valence-corrected chi connectivity index (χ1v) is 14.1. The Bertz CT molecular complexity index is 1700. The van der Waals surface area contributed by atoms with Crippen molar-refractivity contribution in [3.8, 4) is 23.3 Å². The van der Waals surface area contributed by atoms with Crippen LogP contribution in [0.15, 0.2) is 61.9 Å². The molecule has 0 radical (unpaired) electrons. The molecule has 208 valence electrons. The lowest BCUT2D eigenvalue weighted by Crippen LogP contribution is -2.40. The van der Waals surface area contributed by atoms with Crippen LogP contribution in [0.1, 0.15) is 44.9 Å². The lowest BCUT2D eigenvalue weighted by Gasteiger charge is -2.26. The molecule has 0 saturated carbocycles. The standard InChI is InChI=1S/C29H28BrN3O6S/c1-6-37-28(35)24-17(4)32-29-33(25(24)19-9-7-8-10-21(19)39-16(2)3)27(34)23(40-29)15-18-13-20(30)26(38-12-11-31)22(14-18)36-5/h7-10,13-16,25H,6,12H2,1-5H3/b23-15+/t25-/m0/s1. The number of hydrogen-bond donors (Lipinski definition) is 0. The SMILES string of the molecule is CCOC(=O)C1=C(C)N=c2s/c(=C/c3cc(Br)c(OCC#N)c(OC)c3)c(=O)n2[C@H]1c1ccccc1OC(C)C. The maximum absolute atomic E-state index is 14.0. The summed E-state index contributed by atoms with van der Waals surface area (Å²) in [6.07, 6.45) is 1.60. The minimum atomic E-state index is -0.796. The molecular formula is C29H28BrN3O6S. The van der Waals surface area contributed by atoms with Crippen molar-refractivity contribution < 1.29 is 23.7 Å². The van der Waals surface area contributed by atoms with Gasteiger partial charge in [0.1, 0.15) is 17.9 Å². The summed E-state index contributed by atoms with van der Waals surface area (Å²) in [5.74, 6) is 0.820. The van der Waals surface area contributed by atoms with Crippen LogP contribution in [0.5, 0.6) is 17.2 Å². The van der Waals surface area contributed by atoms with E-state index in [-0.39, 0.29) is 30.5 Å². The minimum Gasteiger partial charge on any atom is -0.493 e. The molecule has 1 aliphatic heterocycles. The molecule has 0 aliphatic carbocycles. The first-order valence-electron chi connectivity index (χ1n) is 12.5. The number of methoxy groups -OCH3 is 1. The Balaban J connectivity index is 1.94. The lowest BCUT2D eigenvalue weighted by molar-refractivity contribution is -0.139. The topological polar surface area (TPSA) is 112 Å². The Kier molecular flexibility index (Phi) is 9.12. The summed E-state index contributed by atoms with van der Waals surface area (Å²) in [6.45, 7) is 7.34. The summed E-state index contributed by atoms with van der Waals surface area (Å²) in [6, 6.07) is 12.0. The molecule has 0 N–H and O–H groups in total. The molecule has 3 aromatic rings. The first kappa shape index (κ1) is 29.1. The lowest BCUT2D eigenvalue weighted by atomic mass is 9.95. The average molecular weight is 627 g/mol. The van der Waals surface area contributed by atoms with Gasteiger partial charge in [-0.25, -0.2) is 9.79 Å². The van der Waals surface area contributed by atoms with E-state index < -0.39 is 12.0 Å². The number of benzene rings is 2. The molecule has 1 atom stereocenters. The third-order valence-corrected chi connectivity index (χ3v) is 7.50. The third kappa shape index (κ3) is 5.83. The zero-order valence-corrected chi connectivity index (χ0v) is 25.1. The zero-order valence-electron chi connectivity index (χ0n) is 22.7. The van der Waals surface area contributed by atoms with E-state index in [0.29, 0.717) is 47.9 Å². The number of halogens is 1. The van der Waals surface area contributed by atoms with E-state index in [1.54, 1.807) is 32.1 Å². The third-order valence-electron chi connectivity index (χ3n) is 5.92. The van der Waals surface area contributed by atoms with E-state index in [2.05, 4.69) is 20.9 Å². The van der Waals surface area contributed by atoms with Gasteiger partial charge in [-0.1, -0.05) is 29.5 Å². The number of allylic oxidation sites excluding steroid dienone is 1. The van der Waals surface area contributed by atoms with Gasteiger partial charge < -0.3 is 18.9 Å². The van der Waals surface area contributed by atoms with E-state index in [0.717, 1.165) is 0 Å². The van der Waals surface area contributed by atoms with Gasteiger partial charge in [0, 0.05) is 5.56 Å². The highest BCUT2D eigenvalue weighted by atomic mass is 79.9. The fourth-order valence-corrected chi connectivity index (χ4v) is 5.99. The number of para-hydroxylation sites is 1. The highest BCUT2D eigenvalue weighted by molar-refractivity contribution is 9.10. The summed E-state index contributed by atoms with van der Waals surface area (Å²) in [5.41, 5.74) is 1.76. The van der Waals surface area contributed by atoms with E-state index in [9.17, 15) is 9.59 Å². The van der Waals surface area contributed by atoms with Crippen LogP contribution in [0.25, 0.3) is 6.08 Å². The zero-order chi connectivity index (χ0) is 29.0. The molecule has 40 heavy (non-hydrogen) atoms. The number of nitrogens with zero attached hydrogens (tertiary/aromatic N) is 3. The number of ether oxygens (including phenoxy) is 4. The largest absolute Gasteiger partial charge is 0.493 e. The molecule has 0 saturated heterocycles. The van der Waals surface area contributed by atoms with Crippen LogP contribution in [0.4, 0.5) is 0 Å². The van der Waals surface area contributed by atoms with E-state index in [1.807, 2.05) is 44.2 Å². The molecule has 0 fully saturated rings. The molecule has 0 spiro atoms. The molecule has 2 aromatic carbocycles. The normalized spacial score (nSPS) is 14.8. The Morgan fingerprint density at radius 3 is 2.70 bits per heavy atom. The van der Waals surface area contributed by atoms with Gasteiger partial charge in [0.25, 0.3) is 5.56 Å². The summed E-state index contributed by atoms with van der Waals surface area (Å²) < 4.78 is 24.9. The molecule has 0 bridgehead atoms. The van der Waals surface area contributed by atoms with Crippen molar-refractivity contribution in [2.45, 2.75) is 39.8 Å². The van der Waals surface area contributed by atoms with Gasteiger partial charge in [-0.05, 0) is 73.5 Å².